The quantitative estimate of drug-likeness (QED) is 0.502. The van der Waals surface area contributed by atoms with Crippen LogP contribution in [-0.4, -0.2) is 6.08 Å². The summed E-state index contributed by atoms with van der Waals surface area (Å²) in [5.41, 5.74) is 0.646. The lowest BCUT2D eigenvalue weighted by Gasteiger charge is -1.83. The summed E-state index contributed by atoms with van der Waals surface area (Å²) in [6.07, 6.45) is 4.10. The van der Waals surface area contributed by atoms with E-state index in [1.807, 2.05) is 18.2 Å². The van der Waals surface area contributed by atoms with Gasteiger partial charge in [-0.25, -0.2) is 4.79 Å². The number of aliphatic imine (C=N–C) groups is 1. The van der Waals surface area contributed by atoms with Gasteiger partial charge in [-0.2, -0.15) is 4.99 Å². The third-order valence-electron chi connectivity index (χ3n) is 1.43. The maximum Gasteiger partial charge on any atom is 0.240 e. The number of nitrogens with zero attached hydrogens (tertiary/aromatic N) is 1. The summed E-state index contributed by atoms with van der Waals surface area (Å²) < 4.78 is 0. The van der Waals surface area contributed by atoms with Gasteiger partial charge in [-0.05, 0) is 12.1 Å². The van der Waals surface area contributed by atoms with E-state index in [-0.39, 0.29) is 0 Å². The highest BCUT2D eigenvalue weighted by atomic mass is 16.1. The Morgan fingerprint density at radius 3 is 2.08 bits per heavy atom. The molecule has 13 heavy (non-hydrogen) atoms. The molecule has 0 N–H and O–H groups in total. The fourth-order valence-electron chi connectivity index (χ4n) is 0.555. The van der Waals surface area contributed by atoms with Crippen LogP contribution in [0.25, 0.3) is 0 Å². The maximum atomic E-state index is 9.68. The first kappa shape index (κ1) is 11.6. The Kier molecular flexibility index (Phi) is 7.76. The SMILES string of the molecule is CCCC.O=C=Nc1ccccc1. The number of isocyanates is 1. The molecule has 70 valence electrons. The molecule has 2 heteroatoms. The van der Waals surface area contributed by atoms with Crippen molar-refractivity contribution in [3.05, 3.63) is 30.3 Å². The van der Waals surface area contributed by atoms with Crippen molar-refractivity contribution in [2.45, 2.75) is 26.7 Å². The van der Waals surface area contributed by atoms with Crippen LogP contribution >= 0.6 is 0 Å². The zero-order chi connectivity index (χ0) is 9.94. The largest absolute Gasteiger partial charge is 0.240 e. The van der Waals surface area contributed by atoms with Gasteiger partial charge in [-0.1, -0.05) is 44.9 Å². The van der Waals surface area contributed by atoms with E-state index in [1.165, 1.54) is 18.9 Å². The van der Waals surface area contributed by atoms with Crippen LogP contribution in [0.15, 0.2) is 35.3 Å². The predicted molar refractivity (Wildman–Crippen MR) is 54.8 cm³/mol. The predicted octanol–water partition coefficient (Wildman–Crippen LogP) is 3.46. The van der Waals surface area contributed by atoms with Crippen molar-refractivity contribution < 1.29 is 4.79 Å². The van der Waals surface area contributed by atoms with E-state index in [1.54, 1.807) is 12.1 Å². The first-order chi connectivity index (χ1) is 6.35. The highest BCUT2D eigenvalue weighted by Gasteiger charge is 1.79. The third-order valence-corrected chi connectivity index (χ3v) is 1.43. The van der Waals surface area contributed by atoms with Crippen molar-refractivity contribution in [3.8, 4) is 0 Å². The van der Waals surface area contributed by atoms with Gasteiger partial charge in [0, 0.05) is 0 Å². The molecule has 0 bridgehead atoms. The van der Waals surface area contributed by atoms with Crippen LogP contribution in [0.3, 0.4) is 0 Å². The maximum absolute atomic E-state index is 9.68. The van der Waals surface area contributed by atoms with Gasteiger partial charge in [0.1, 0.15) is 0 Å². The number of hydrogen-bond donors (Lipinski definition) is 0. The van der Waals surface area contributed by atoms with E-state index in [0.717, 1.165) is 0 Å². The highest BCUT2D eigenvalue weighted by molar-refractivity contribution is 5.47. The molecule has 1 rings (SSSR count). The van der Waals surface area contributed by atoms with E-state index < -0.39 is 0 Å². The van der Waals surface area contributed by atoms with Gasteiger partial charge in [-0.15, -0.1) is 0 Å². The minimum Gasteiger partial charge on any atom is -0.211 e. The zero-order valence-electron chi connectivity index (χ0n) is 8.16. The molecule has 0 heterocycles. The molecule has 0 aliphatic heterocycles. The van der Waals surface area contributed by atoms with Gasteiger partial charge in [0.2, 0.25) is 6.08 Å². The molecule has 0 atom stereocenters. The zero-order valence-corrected chi connectivity index (χ0v) is 8.16. The van der Waals surface area contributed by atoms with Crippen LogP contribution in [0.4, 0.5) is 5.69 Å². The van der Waals surface area contributed by atoms with Crippen molar-refractivity contribution in [2.24, 2.45) is 4.99 Å². The molecule has 0 amide bonds. The normalized spacial score (nSPS) is 7.85. The van der Waals surface area contributed by atoms with Crippen molar-refractivity contribution >= 4 is 11.8 Å². The summed E-state index contributed by atoms with van der Waals surface area (Å²) in [6, 6.07) is 8.98. The summed E-state index contributed by atoms with van der Waals surface area (Å²) in [7, 11) is 0. The molecular weight excluding hydrogens is 162 g/mol. The summed E-state index contributed by atoms with van der Waals surface area (Å²) in [6.45, 7) is 4.36. The standard InChI is InChI=1S/C7H5NO.C4H10/c9-6-8-7-4-2-1-3-5-7;1-3-4-2/h1-5H;3-4H2,1-2H3. The summed E-state index contributed by atoms with van der Waals surface area (Å²) >= 11 is 0. The number of unbranched alkanes of at least 4 members (excludes halogenated alkanes) is 1. The fourth-order valence-corrected chi connectivity index (χ4v) is 0.555. The molecule has 0 spiro atoms. The fraction of sp³-hybridized carbons (Fsp3) is 0.364. The lowest BCUT2D eigenvalue weighted by Crippen LogP contribution is -1.59. The molecule has 0 saturated heterocycles. The Morgan fingerprint density at radius 2 is 1.69 bits per heavy atom. The monoisotopic (exact) mass is 177 g/mol. The highest BCUT2D eigenvalue weighted by Crippen LogP contribution is 2.06. The average molecular weight is 177 g/mol. The third kappa shape index (κ3) is 6.98. The number of carbonyl (C=O) groups excluding carboxylic acids is 1. The van der Waals surface area contributed by atoms with Crippen molar-refractivity contribution in [2.75, 3.05) is 0 Å². The van der Waals surface area contributed by atoms with E-state index in [9.17, 15) is 4.79 Å². The summed E-state index contributed by atoms with van der Waals surface area (Å²) in [5.74, 6) is 0. The minimum absolute atomic E-state index is 0.646. The van der Waals surface area contributed by atoms with Crippen molar-refractivity contribution in [1.29, 1.82) is 0 Å². The van der Waals surface area contributed by atoms with Crippen LogP contribution in [-0.2, 0) is 4.79 Å². The molecule has 0 aliphatic carbocycles. The number of benzene rings is 1. The van der Waals surface area contributed by atoms with Crippen LogP contribution < -0.4 is 0 Å². The topological polar surface area (TPSA) is 29.4 Å². The number of rotatable bonds is 2. The molecule has 0 unspecified atom stereocenters. The Balaban J connectivity index is 0.000000310. The Bertz CT molecular complexity index is 248. The number of hydrogen-bond acceptors (Lipinski definition) is 2. The van der Waals surface area contributed by atoms with E-state index in [2.05, 4.69) is 18.8 Å². The molecule has 0 fully saturated rings. The smallest absolute Gasteiger partial charge is 0.211 e. The first-order valence-electron chi connectivity index (χ1n) is 4.48. The van der Waals surface area contributed by atoms with Crippen molar-refractivity contribution in [1.82, 2.24) is 0 Å². The van der Waals surface area contributed by atoms with E-state index in [0.29, 0.717) is 5.69 Å². The molecule has 1 aromatic rings. The Labute approximate surface area is 79.3 Å². The minimum atomic E-state index is 0.646. The van der Waals surface area contributed by atoms with Gasteiger partial charge in [0.05, 0.1) is 5.69 Å². The molecule has 0 aliphatic rings. The molecular formula is C11H15NO. The van der Waals surface area contributed by atoms with Crippen LogP contribution in [0, 0.1) is 0 Å². The average Bonchev–Trinajstić information content (AvgIpc) is 2.20. The van der Waals surface area contributed by atoms with Gasteiger partial charge in [0.25, 0.3) is 0 Å². The van der Waals surface area contributed by atoms with Crippen molar-refractivity contribution in [3.63, 3.8) is 0 Å². The van der Waals surface area contributed by atoms with Gasteiger partial charge < -0.3 is 0 Å². The molecule has 0 radical (unpaired) electrons. The second-order valence-corrected chi connectivity index (χ2v) is 2.54. The van der Waals surface area contributed by atoms with E-state index in [4.69, 9.17) is 0 Å². The molecule has 1 aromatic carbocycles. The van der Waals surface area contributed by atoms with Crippen LogP contribution in [0.5, 0.6) is 0 Å². The second-order valence-electron chi connectivity index (χ2n) is 2.54. The molecule has 2 nitrogen and oxygen atoms in total. The van der Waals surface area contributed by atoms with Gasteiger partial charge in [0.15, 0.2) is 0 Å². The Morgan fingerprint density at radius 1 is 1.15 bits per heavy atom. The van der Waals surface area contributed by atoms with E-state index >= 15 is 0 Å². The lowest BCUT2D eigenvalue weighted by atomic mass is 10.3. The molecule has 0 saturated carbocycles. The van der Waals surface area contributed by atoms with Crippen LogP contribution in [0.1, 0.15) is 26.7 Å². The first-order valence-corrected chi connectivity index (χ1v) is 4.48. The van der Waals surface area contributed by atoms with Crippen LogP contribution in [0.2, 0.25) is 0 Å². The lowest BCUT2D eigenvalue weighted by molar-refractivity contribution is 0.565. The van der Waals surface area contributed by atoms with Gasteiger partial charge in [-0.3, -0.25) is 0 Å². The Hall–Kier alpha value is -1.40. The second kappa shape index (κ2) is 8.69. The van der Waals surface area contributed by atoms with Gasteiger partial charge >= 0.3 is 0 Å². The summed E-state index contributed by atoms with van der Waals surface area (Å²) in [5, 5.41) is 0. The number of para-hydroxylation sites is 1. The molecule has 0 aromatic heterocycles. The summed E-state index contributed by atoms with van der Waals surface area (Å²) in [4.78, 5) is 13.1.